The van der Waals surface area contributed by atoms with Gasteiger partial charge in [0.1, 0.15) is 16.8 Å². The molecule has 0 bridgehead atoms. The molecule has 6 nitrogen and oxygen atoms in total. The summed E-state index contributed by atoms with van der Waals surface area (Å²) in [5.41, 5.74) is 0. The van der Waals surface area contributed by atoms with Crippen molar-refractivity contribution in [3.05, 3.63) is 0 Å². The zero-order valence-electron chi connectivity index (χ0n) is 8.41. The summed E-state index contributed by atoms with van der Waals surface area (Å²) in [6, 6.07) is 0. The van der Waals surface area contributed by atoms with Crippen LogP contribution in [0.3, 0.4) is 0 Å². The van der Waals surface area contributed by atoms with E-state index in [0.717, 1.165) is 0 Å². The van der Waals surface area contributed by atoms with Crippen LogP contribution >= 0.6 is 0 Å². The predicted octanol–water partition coefficient (Wildman–Crippen LogP) is -1.53. The molecule has 0 unspecified atom stereocenters. The highest BCUT2D eigenvalue weighted by Crippen LogP contribution is 2.22. The number of thiol groups is 1. The van der Waals surface area contributed by atoms with E-state index in [1.165, 1.54) is 7.11 Å². The van der Waals surface area contributed by atoms with Gasteiger partial charge >= 0.3 is 0 Å². The maximum atomic E-state index is 10.4. The molecule has 0 radical (unpaired) electrons. The number of ether oxygens (including phenoxy) is 2. The maximum absolute atomic E-state index is 10.4. The Morgan fingerprint density at radius 3 is 2.67 bits per heavy atom. The minimum Gasteiger partial charge on any atom is -0.390 e. The van der Waals surface area contributed by atoms with E-state index in [9.17, 15) is 18.6 Å². The van der Waals surface area contributed by atoms with Gasteiger partial charge in [-0.05, 0) is 6.42 Å². The van der Waals surface area contributed by atoms with Crippen molar-refractivity contribution in [3.8, 4) is 0 Å². The lowest BCUT2D eigenvalue weighted by Crippen LogP contribution is -2.49. The first-order chi connectivity index (χ1) is 7.04. The van der Waals surface area contributed by atoms with Gasteiger partial charge in [0, 0.05) is 13.5 Å². The molecule has 7 heteroatoms. The first-order valence-corrected chi connectivity index (χ1v) is 6.07. The summed E-state index contributed by atoms with van der Waals surface area (Å²) in [6.07, 6.45) is -2.75. The van der Waals surface area contributed by atoms with Crippen molar-refractivity contribution >= 4 is 10.7 Å². The molecule has 4 atom stereocenters. The second-order valence-corrected chi connectivity index (χ2v) is 4.61. The average molecular weight is 240 g/mol. The monoisotopic (exact) mass is 240 g/mol. The molecular formula is C8H16O6S. The van der Waals surface area contributed by atoms with Crippen LogP contribution in [0, 0.1) is 0 Å². The highest BCUT2D eigenvalue weighted by atomic mass is 32.2. The standard InChI is InChI=1S/C8H16O6S/c1-13-8-7(10)6(9)4-5(14-8)2-3-15(11)12/h5-10,15H,2-4H2,1H3/t5-,6-,7-,8-/m1/s1. The highest BCUT2D eigenvalue weighted by molar-refractivity contribution is 7.72. The third kappa shape index (κ3) is 3.69. The van der Waals surface area contributed by atoms with Crippen LogP contribution in [0.15, 0.2) is 0 Å². The van der Waals surface area contributed by atoms with Crippen molar-refractivity contribution in [1.29, 1.82) is 0 Å². The molecule has 0 saturated carbocycles. The maximum Gasteiger partial charge on any atom is 0.185 e. The summed E-state index contributed by atoms with van der Waals surface area (Å²) in [6.45, 7) is 0. The Morgan fingerprint density at radius 1 is 1.47 bits per heavy atom. The fourth-order valence-electron chi connectivity index (χ4n) is 1.55. The Kier molecular flexibility index (Phi) is 4.94. The molecule has 1 fully saturated rings. The predicted molar refractivity (Wildman–Crippen MR) is 52.1 cm³/mol. The van der Waals surface area contributed by atoms with Gasteiger partial charge in [-0.15, -0.1) is 0 Å². The van der Waals surface area contributed by atoms with Gasteiger partial charge in [0.25, 0.3) is 0 Å². The van der Waals surface area contributed by atoms with Gasteiger partial charge in [-0.2, -0.15) is 0 Å². The molecule has 0 aromatic heterocycles. The second-order valence-electron chi connectivity index (χ2n) is 3.50. The molecule has 90 valence electrons. The van der Waals surface area contributed by atoms with E-state index in [4.69, 9.17) is 9.47 Å². The van der Waals surface area contributed by atoms with Crippen LogP contribution in [0.1, 0.15) is 12.8 Å². The van der Waals surface area contributed by atoms with E-state index in [2.05, 4.69) is 0 Å². The molecule has 0 amide bonds. The smallest absolute Gasteiger partial charge is 0.185 e. The molecular weight excluding hydrogens is 224 g/mol. The Morgan fingerprint density at radius 2 is 2.13 bits per heavy atom. The van der Waals surface area contributed by atoms with Crippen LogP contribution in [0.2, 0.25) is 0 Å². The second kappa shape index (κ2) is 5.76. The topological polar surface area (TPSA) is 93.1 Å². The lowest BCUT2D eigenvalue weighted by atomic mass is 10.0. The van der Waals surface area contributed by atoms with Crippen LogP contribution in [-0.4, -0.2) is 56.1 Å². The Balaban J connectivity index is 2.47. The lowest BCUT2D eigenvalue weighted by Gasteiger charge is -2.35. The minimum absolute atomic E-state index is 0.0131. The normalized spacial score (nSPS) is 37.1. The van der Waals surface area contributed by atoms with Crippen molar-refractivity contribution in [2.75, 3.05) is 12.9 Å². The van der Waals surface area contributed by atoms with E-state index in [0.29, 0.717) is 6.42 Å². The van der Waals surface area contributed by atoms with Gasteiger partial charge in [-0.1, -0.05) is 0 Å². The molecule has 15 heavy (non-hydrogen) atoms. The first-order valence-electron chi connectivity index (χ1n) is 4.70. The summed E-state index contributed by atoms with van der Waals surface area (Å²) >= 11 is 0. The highest BCUT2D eigenvalue weighted by Gasteiger charge is 2.36. The van der Waals surface area contributed by atoms with Gasteiger partial charge in [-0.3, -0.25) is 0 Å². The molecule has 1 heterocycles. The van der Waals surface area contributed by atoms with Crippen LogP contribution in [-0.2, 0) is 20.2 Å². The van der Waals surface area contributed by atoms with Crippen LogP contribution in [0.4, 0.5) is 0 Å². The third-order valence-corrected chi connectivity index (χ3v) is 2.99. The van der Waals surface area contributed by atoms with Crippen molar-refractivity contribution < 1.29 is 28.1 Å². The van der Waals surface area contributed by atoms with Crippen molar-refractivity contribution in [2.24, 2.45) is 0 Å². The Bertz CT molecular complexity index is 258. The van der Waals surface area contributed by atoms with Gasteiger partial charge < -0.3 is 19.7 Å². The van der Waals surface area contributed by atoms with Crippen LogP contribution in [0.5, 0.6) is 0 Å². The van der Waals surface area contributed by atoms with E-state index >= 15 is 0 Å². The van der Waals surface area contributed by atoms with E-state index in [1.54, 1.807) is 0 Å². The molecule has 1 aliphatic heterocycles. The van der Waals surface area contributed by atoms with Gasteiger partial charge in [0.15, 0.2) is 6.29 Å². The molecule has 0 aliphatic carbocycles. The van der Waals surface area contributed by atoms with Crippen LogP contribution in [0.25, 0.3) is 0 Å². The van der Waals surface area contributed by atoms with E-state index in [1.807, 2.05) is 0 Å². The number of aliphatic hydroxyl groups excluding tert-OH is 2. The molecule has 0 aromatic carbocycles. The summed E-state index contributed by atoms with van der Waals surface area (Å²) in [4.78, 5) is 0. The summed E-state index contributed by atoms with van der Waals surface area (Å²) in [7, 11) is -1.08. The zero-order chi connectivity index (χ0) is 11.4. The van der Waals surface area contributed by atoms with E-state index in [-0.39, 0.29) is 18.3 Å². The molecule has 1 rings (SSSR count). The zero-order valence-corrected chi connectivity index (χ0v) is 9.30. The van der Waals surface area contributed by atoms with Gasteiger partial charge in [-0.25, -0.2) is 8.42 Å². The largest absolute Gasteiger partial charge is 0.390 e. The summed E-state index contributed by atoms with van der Waals surface area (Å²) < 4.78 is 30.9. The fraction of sp³-hybridized carbons (Fsp3) is 1.00. The quantitative estimate of drug-likeness (QED) is 0.516. The third-order valence-electron chi connectivity index (χ3n) is 2.37. The number of rotatable bonds is 4. The fourth-order valence-corrected chi connectivity index (χ4v) is 2.04. The van der Waals surface area contributed by atoms with Gasteiger partial charge in [0.05, 0.1) is 18.0 Å². The van der Waals surface area contributed by atoms with Crippen molar-refractivity contribution in [2.45, 2.75) is 37.4 Å². The Labute approximate surface area is 89.8 Å². The van der Waals surface area contributed by atoms with Gasteiger partial charge in [0.2, 0.25) is 0 Å². The first kappa shape index (κ1) is 12.9. The minimum atomic E-state index is -2.43. The molecule has 1 saturated heterocycles. The van der Waals surface area contributed by atoms with Crippen molar-refractivity contribution in [1.82, 2.24) is 0 Å². The number of aliphatic hydroxyl groups is 2. The molecule has 1 aliphatic rings. The molecule has 0 spiro atoms. The van der Waals surface area contributed by atoms with Crippen LogP contribution < -0.4 is 0 Å². The molecule has 2 N–H and O–H groups in total. The average Bonchev–Trinajstić information content (AvgIpc) is 2.19. The number of methoxy groups -OCH3 is 1. The SMILES string of the molecule is CO[C@@H]1O[C@H](CC[SH](=O)=O)C[C@@H](O)[C@H]1O. The summed E-state index contributed by atoms with van der Waals surface area (Å²) in [5, 5.41) is 18.9. The van der Waals surface area contributed by atoms with E-state index < -0.39 is 29.2 Å². The Hall–Kier alpha value is -0.210. The molecule has 0 aromatic rings. The number of hydrogen-bond acceptors (Lipinski definition) is 6. The lowest BCUT2D eigenvalue weighted by molar-refractivity contribution is -0.257. The number of hydrogen-bond donors (Lipinski definition) is 3. The summed E-state index contributed by atoms with van der Waals surface area (Å²) in [5.74, 6) is 0.0131. The van der Waals surface area contributed by atoms with Crippen molar-refractivity contribution in [3.63, 3.8) is 0 Å².